The van der Waals surface area contributed by atoms with E-state index in [9.17, 15) is 9.90 Å². The number of carbonyl (C=O) groups is 1. The molecule has 36 heavy (non-hydrogen) atoms. The van der Waals surface area contributed by atoms with Crippen LogP contribution in [0.25, 0.3) is 33.4 Å². The maximum absolute atomic E-state index is 12.1. The average molecular weight is 481 g/mol. The summed E-state index contributed by atoms with van der Waals surface area (Å²) in [6, 6.07) is 16.9. The number of nitrogens with zero attached hydrogens (tertiary/aromatic N) is 3. The highest BCUT2D eigenvalue weighted by molar-refractivity contribution is 6.03. The van der Waals surface area contributed by atoms with Crippen molar-refractivity contribution in [2.75, 3.05) is 38.1 Å². The van der Waals surface area contributed by atoms with E-state index in [1.165, 1.54) is 11.8 Å². The Bertz CT molecular complexity index is 1410. The SMILES string of the molecule is C=CC(=O)Cc1cc(-c2c(-c3ccc(N4CCN(C)CC4)cc3)[nH]c3ncc(CO)cc23)ccc1C. The summed E-state index contributed by atoms with van der Waals surface area (Å²) in [6.07, 6.45) is 3.40. The van der Waals surface area contributed by atoms with Gasteiger partial charge in [-0.1, -0.05) is 36.9 Å². The van der Waals surface area contributed by atoms with Crippen molar-refractivity contribution in [1.82, 2.24) is 14.9 Å². The molecule has 6 heteroatoms. The number of hydrogen-bond donors (Lipinski definition) is 2. The molecule has 6 nitrogen and oxygen atoms in total. The lowest BCUT2D eigenvalue weighted by Crippen LogP contribution is -2.44. The van der Waals surface area contributed by atoms with Gasteiger partial charge in [-0.2, -0.15) is 0 Å². The molecule has 2 aromatic carbocycles. The third-order valence-electron chi connectivity index (χ3n) is 7.14. The number of anilines is 1. The molecule has 0 radical (unpaired) electrons. The average Bonchev–Trinajstić information content (AvgIpc) is 3.29. The molecule has 0 unspecified atom stereocenters. The van der Waals surface area contributed by atoms with Crippen LogP contribution in [0.1, 0.15) is 16.7 Å². The van der Waals surface area contributed by atoms with Crippen LogP contribution in [0.3, 0.4) is 0 Å². The van der Waals surface area contributed by atoms with Gasteiger partial charge < -0.3 is 19.9 Å². The van der Waals surface area contributed by atoms with Gasteiger partial charge in [0.15, 0.2) is 5.78 Å². The van der Waals surface area contributed by atoms with Gasteiger partial charge in [0, 0.05) is 55.4 Å². The molecule has 2 aromatic heterocycles. The number of aryl methyl sites for hydroxylation is 1. The number of allylic oxidation sites excluding steroid dienone is 1. The Kier molecular flexibility index (Phi) is 6.72. The van der Waals surface area contributed by atoms with E-state index in [2.05, 4.69) is 75.9 Å². The maximum Gasteiger partial charge on any atom is 0.159 e. The standard InChI is InChI=1S/C30H32N4O2/c1-4-26(36)17-24-16-23(6-5-20(24)2)28-27-15-21(19-35)18-31-30(27)32-29(28)22-7-9-25(10-8-22)34-13-11-33(3)12-14-34/h4-10,15-16,18,35H,1,11-14,17,19H2,2-3H3,(H,31,32). The van der Waals surface area contributed by atoms with Crippen LogP contribution < -0.4 is 4.90 Å². The first-order valence-corrected chi connectivity index (χ1v) is 12.4. The number of aromatic nitrogens is 2. The second-order valence-electron chi connectivity index (χ2n) is 9.60. The number of piperazine rings is 1. The zero-order valence-corrected chi connectivity index (χ0v) is 20.9. The zero-order chi connectivity index (χ0) is 25.2. The number of likely N-dealkylation sites (N-methyl/N-ethyl adjacent to an activating group) is 1. The summed E-state index contributed by atoms with van der Waals surface area (Å²) in [5.74, 6) is -0.00173. The number of carbonyl (C=O) groups excluding carboxylic acids is 1. The highest BCUT2D eigenvalue weighted by Crippen LogP contribution is 2.39. The van der Waals surface area contributed by atoms with Crippen LogP contribution in [0.5, 0.6) is 0 Å². The van der Waals surface area contributed by atoms with Gasteiger partial charge in [-0.25, -0.2) is 4.98 Å². The van der Waals surface area contributed by atoms with Crippen molar-refractivity contribution in [3.63, 3.8) is 0 Å². The molecule has 0 amide bonds. The minimum Gasteiger partial charge on any atom is -0.392 e. The molecule has 0 spiro atoms. The fourth-order valence-electron chi connectivity index (χ4n) is 4.90. The summed E-state index contributed by atoms with van der Waals surface area (Å²) in [5, 5.41) is 10.7. The van der Waals surface area contributed by atoms with Crippen molar-refractivity contribution >= 4 is 22.5 Å². The van der Waals surface area contributed by atoms with Crippen LogP contribution in [0.4, 0.5) is 5.69 Å². The summed E-state index contributed by atoms with van der Waals surface area (Å²) in [7, 11) is 2.16. The Balaban J connectivity index is 1.61. The van der Waals surface area contributed by atoms with Crippen LogP contribution in [-0.4, -0.2) is 59.0 Å². The highest BCUT2D eigenvalue weighted by atomic mass is 16.3. The fraction of sp³-hybridized carbons (Fsp3) is 0.267. The number of hydrogen-bond acceptors (Lipinski definition) is 5. The van der Waals surface area contributed by atoms with E-state index in [1.807, 2.05) is 13.0 Å². The van der Waals surface area contributed by atoms with Crippen molar-refractivity contribution in [1.29, 1.82) is 0 Å². The minimum absolute atomic E-state index is 0.00173. The number of nitrogens with one attached hydrogen (secondary N) is 1. The fourth-order valence-corrected chi connectivity index (χ4v) is 4.90. The lowest BCUT2D eigenvalue weighted by molar-refractivity contribution is -0.114. The molecule has 184 valence electrons. The second kappa shape index (κ2) is 10.1. The Morgan fingerprint density at radius 1 is 1.08 bits per heavy atom. The summed E-state index contributed by atoms with van der Waals surface area (Å²) in [5.41, 5.74) is 8.87. The molecule has 1 aliphatic heterocycles. The first kappa shape index (κ1) is 24.0. The molecule has 2 N–H and O–H groups in total. The smallest absolute Gasteiger partial charge is 0.159 e. The van der Waals surface area contributed by atoms with Crippen molar-refractivity contribution in [2.24, 2.45) is 0 Å². The predicted octanol–water partition coefficient (Wildman–Crippen LogP) is 4.75. The summed E-state index contributed by atoms with van der Waals surface area (Å²) in [4.78, 5) is 25.0. The van der Waals surface area contributed by atoms with Gasteiger partial charge in [0.25, 0.3) is 0 Å². The van der Waals surface area contributed by atoms with Crippen molar-refractivity contribution in [2.45, 2.75) is 20.0 Å². The Morgan fingerprint density at radius 2 is 1.81 bits per heavy atom. The van der Waals surface area contributed by atoms with Crippen LogP contribution in [-0.2, 0) is 17.8 Å². The lowest BCUT2D eigenvalue weighted by atomic mass is 9.93. The van der Waals surface area contributed by atoms with Gasteiger partial charge in [-0.3, -0.25) is 4.79 Å². The van der Waals surface area contributed by atoms with Gasteiger partial charge in [-0.05, 0) is 66.1 Å². The number of fused-ring (bicyclic) bond motifs is 1. The maximum atomic E-state index is 12.1. The normalized spacial score (nSPS) is 14.4. The number of rotatable bonds is 7. The molecule has 0 saturated carbocycles. The molecule has 0 atom stereocenters. The van der Waals surface area contributed by atoms with E-state index >= 15 is 0 Å². The summed E-state index contributed by atoms with van der Waals surface area (Å²) < 4.78 is 0. The molecule has 4 aromatic rings. The largest absolute Gasteiger partial charge is 0.392 e. The molecule has 1 saturated heterocycles. The van der Waals surface area contributed by atoms with Crippen molar-refractivity contribution < 1.29 is 9.90 Å². The number of benzene rings is 2. The summed E-state index contributed by atoms with van der Waals surface area (Å²) >= 11 is 0. The Labute approximate surface area is 211 Å². The number of ketones is 1. The van der Waals surface area contributed by atoms with Gasteiger partial charge in [0.05, 0.1) is 12.3 Å². The summed E-state index contributed by atoms with van der Waals surface area (Å²) in [6.45, 7) is 9.76. The third-order valence-corrected chi connectivity index (χ3v) is 7.14. The predicted molar refractivity (Wildman–Crippen MR) is 146 cm³/mol. The van der Waals surface area contributed by atoms with E-state index in [0.29, 0.717) is 6.42 Å². The molecule has 0 aliphatic carbocycles. The Hall–Kier alpha value is -3.74. The Morgan fingerprint density at radius 3 is 2.50 bits per heavy atom. The number of aliphatic hydroxyl groups is 1. The first-order valence-electron chi connectivity index (χ1n) is 12.4. The van der Waals surface area contributed by atoms with E-state index in [-0.39, 0.29) is 12.4 Å². The number of aromatic amines is 1. The zero-order valence-electron chi connectivity index (χ0n) is 20.9. The van der Waals surface area contributed by atoms with Crippen molar-refractivity contribution in [3.05, 3.63) is 84.1 Å². The van der Waals surface area contributed by atoms with Crippen LogP contribution in [0.2, 0.25) is 0 Å². The lowest BCUT2D eigenvalue weighted by Gasteiger charge is -2.34. The molecular weight excluding hydrogens is 448 g/mol. The molecule has 3 heterocycles. The number of pyridine rings is 1. The highest BCUT2D eigenvalue weighted by Gasteiger charge is 2.19. The second-order valence-corrected chi connectivity index (χ2v) is 9.60. The van der Waals surface area contributed by atoms with Crippen LogP contribution in [0, 0.1) is 6.92 Å². The van der Waals surface area contributed by atoms with E-state index in [1.54, 1.807) is 6.20 Å². The van der Waals surface area contributed by atoms with Gasteiger partial charge in [0.1, 0.15) is 5.65 Å². The topological polar surface area (TPSA) is 72.5 Å². The van der Waals surface area contributed by atoms with Crippen molar-refractivity contribution in [3.8, 4) is 22.4 Å². The molecule has 5 rings (SSSR count). The molecular formula is C30H32N4O2. The molecule has 0 bridgehead atoms. The van der Waals surface area contributed by atoms with Gasteiger partial charge >= 0.3 is 0 Å². The molecule has 1 fully saturated rings. The number of H-pyrrole nitrogens is 1. The third kappa shape index (κ3) is 4.70. The van der Waals surface area contributed by atoms with Gasteiger partial charge in [0.2, 0.25) is 0 Å². The van der Waals surface area contributed by atoms with Crippen LogP contribution in [0.15, 0.2) is 67.4 Å². The first-order chi connectivity index (χ1) is 17.5. The van der Waals surface area contributed by atoms with Gasteiger partial charge in [-0.15, -0.1) is 0 Å². The van der Waals surface area contributed by atoms with E-state index in [4.69, 9.17) is 0 Å². The monoisotopic (exact) mass is 480 g/mol. The van der Waals surface area contributed by atoms with Crippen LogP contribution >= 0.6 is 0 Å². The van der Waals surface area contributed by atoms with E-state index in [0.717, 1.165) is 76.3 Å². The van der Waals surface area contributed by atoms with E-state index < -0.39 is 0 Å². The minimum atomic E-state index is -0.0738. The molecule has 1 aliphatic rings. The number of aliphatic hydroxyl groups excluding tert-OH is 1. The quantitative estimate of drug-likeness (QED) is 0.374.